The zero-order valence-electron chi connectivity index (χ0n) is 13.4. The lowest BCUT2D eigenvalue weighted by Gasteiger charge is -2.21. The lowest BCUT2D eigenvalue weighted by molar-refractivity contribution is 0.216. The minimum absolute atomic E-state index is 0.0119. The van der Waals surface area contributed by atoms with Gasteiger partial charge in [-0.1, -0.05) is 34.6 Å². The molecule has 4 nitrogen and oxygen atoms in total. The second kappa shape index (κ2) is 7.60. The van der Waals surface area contributed by atoms with Gasteiger partial charge in [0.15, 0.2) is 0 Å². The third kappa shape index (κ3) is 5.10. The van der Waals surface area contributed by atoms with Gasteiger partial charge in [0.1, 0.15) is 6.61 Å². The Balaban J connectivity index is 2.74. The molecule has 1 aromatic rings. The van der Waals surface area contributed by atoms with Crippen molar-refractivity contribution in [3.8, 4) is 5.88 Å². The van der Waals surface area contributed by atoms with Crippen LogP contribution < -0.4 is 4.74 Å². The molecule has 0 aromatic carbocycles. The second-order valence-electron chi connectivity index (χ2n) is 5.98. The van der Waals surface area contributed by atoms with Gasteiger partial charge < -0.3 is 14.7 Å². The van der Waals surface area contributed by atoms with Gasteiger partial charge in [-0.2, -0.15) is 0 Å². The van der Waals surface area contributed by atoms with E-state index in [-0.39, 0.29) is 12.0 Å². The van der Waals surface area contributed by atoms with Crippen molar-refractivity contribution in [3.05, 3.63) is 23.4 Å². The highest BCUT2D eigenvalue weighted by atomic mass is 16.5. The van der Waals surface area contributed by atoms with E-state index in [0.29, 0.717) is 12.5 Å². The van der Waals surface area contributed by atoms with E-state index in [0.717, 1.165) is 30.9 Å². The fraction of sp³-hybridized carbons (Fsp3) is 0.688. The molecular formula is C16H28N2O2. The van der Waals surface area contributed by atoms with Crippen LogP contribution in [0.15, 0.2) is 12.1 Å². The first-order valence-corrected chi connectivity index (χ1v) is 7.38. The molecule has 1 aromatic heterocycles. The van der Waals surface area contributed by atoms with Gasteiger partial charge in [-0.15, -0.1) is 0 Å². The van der Waals surface area contributed by atoms with Crippen LogP contribution in [-0.4, -0.2) is 41.2 Å². The van der Waals surface area contributed by atoms with Crippen LogP contribution >= 0.6 is 0 Å². The van der Waals surface area contributed by atoms with Gasteiger partial charge in [-0.05, 0) is 24.7 Å². The van der Waals surface area contributed by atoms with Gasteiger partial charge in [0.2, 0.25) is 5.88 Å². The molecule has 1 rings (SSSR count). The maximum Gasteiger partial charge on any atom is 0.213 e. The number of ether oxygens (including phenoxy) is 1. The predicted molar refractivity (Wildman–Crippen MR) is 82.1 cm³/mol. The van der Waals surface area contributed by atoms with Crippen molar-refractivity contribution in [3.63, 3.8) is 0 Å². The van der Waals surface area contributed by atoms with Gasteiger partial charge in [0.25, 0.3) is 0 Å². The number of pyridine rings is 1. The quantitative estimate of drug-likeness (QED) is 0.834. The summed E-state index contributed by atoms with van der Waals surface area (Å²) in [7, 11) is 0. The van der Waals surface area contributed by atoms with Crippen molar-refractivity contribution in [1.29, 1.82) is 0 Å². The first kappa shape index (κ1) is 16.9. The Labute approximate surface area is 122 Å². The molecule has 0 aliphatic rings. The maximum absolute atomic E-state index is 9.35. The fourth-order valence-electron chi connectivity index (χ4n) is 1.93. The molecule has 0 aliphatic carbocycles. The second-order valence-corrected chi connectivity index (χ2v) is 5.98. The van der Waals surface area contributed by atoms with Gasteiger partial charge in [0, 0.05) is 18.0 Å². The van der Waals surface area contributed by atoms with Crippen LogP contribution in [-0.2, 0) is 12.0 Å². The Morgan fingerprint density at radius 1 is 1.20 bits per heavy atom. The van der Waals surface area contributed by atoms with E-state index < -0.39 is 0 Å². The van der Waals surface area contributed by atoms with Crippen LogP contribution in [0.3, 0.4) is 0 Å². The van der Waals surface area contributed by atoms with E-state index in [1.54, 1.807) is 0 Å². The number of aliphatic hydroxyl groups is 1. The van der Waals surface area contributed by atoms with E-state index in [2.05, 4.69) is 44.5 Å². The van der Waals surface area contributed by atoms with E-state index in [1.807, 2.05) is 12.1 Å². The maximum atomic E-state index is 9.35. The Hall–Kier alpha value is -1.13. The predicted octanol–water partition coefficient (Wildman–Crippen LogP) is 2.59. The molecule has 1 heterocycles. The van der Waals surface area contributed by atoms with Crippen molar-refractivity contribution in [2.24, 2.45) is 0 Å². The standard InChI is InChI=1S/C16H28N2O2/c1-6-18(7-2)8-9-20-15-11-13(12-19)10-14(17-15)16(3,4)5/h10-11,19H,6-9,12H2,1-5H3. The van der Waals surface area contributed by atoms with Gasteiger partial charge in [0.05, 0.1) is 12.3 Å². The summed E-state index contributed by atoms with van der Waals surface area (Å²) in [5, 5.41) is 9.35. The molecule has 4 heteroatoms. The summed E-state index contributed by atoms with van der Waals surface area (Å²) < 4.78 is 5.75. The molecule has 0 saturated carbocycles. The monoisotopic (exact) mass is 280 g/mol. The van der Waals surface area contributed by atoms with Crippen molar-refractivity contribution in [2.45, 2.75) is 46.6 Å². The highest BCUT2D eigenvalue weighted by Gasteiger charge is 2.17. The third-order valence-corrected chi connectivity index (χ3v) is 3.36. The van der Waals surface area contributed by atoms with Gasteiger partial charge in [-0.25, -0.2) is 4.98 Å². The number of hydrogen-bond donors (Lipinski definition) is 1. The SMILES string of the molecule is CCN(CC)CCOc1cc(CO)cc(C(C)(C)C)n1. The first-order valence-electron chi connectivity index (χ1n) is 7.38. The van der Waals surface area contributed by atoms with E-state index >= 15 is 0 Å². The first-order chi connectivity index (χ1) is 9.40. The Morgan fingerprint density at radius 2 is 1.85 bits per heavy atom. The average Bonchev–Trinajstić information content (AvgIpc) is 2.42. The lowest BCUT2D eigenvalue weighted by Crippen LogP contribution is -2.28. The van der Waals surface area contributed by atoms with Crippen molar-refractivity contribution in [2.75, 3.05) is 26.2 Å². The van der Waals surface area contributed by atoms with E-state index in [4.69, 9.17) is 4.74 Å². The third-order valence-electron chi connectivity index (χ3n) is 3.36. The van der Waals surface area contributed by atoms with Crippen LogP contribution in [0, 0.1) is 0 Å². The zero-order valence-corrected chi connectivity index (χ0v) is 13.4. The van der Waals surface area contributed by atoms with Gasteiger partial charge >= 0.3 is 0 Å². The molecule has 0 unspecified atom stereocenters. The summed E-state index contributed by atoms with van der Waals surface area (Å²) in [6.07, 6.45) is 0. The minimum atomic E-state index is -0.0534. The van der Waals surface area contributed by atoms with Crippen molar-refractivity contribution >= 4 is 0 Å². The highest BCUT2D eigenvalue weighted by molar-refractivity contribution is 5.28. The summed E-state index contributed by atoms with van der Waals surface area (Å²) in [4.78, 5) is 6.86. The molecule has 0 spiro atoms. The topological polar surface area (TPSA) is 45.6 Å². The number of rotatable bonds is 7. The smallest absolute Gasteiger partial charge is 0.213 e. The number of aromatic nitrogens is 1. The lowest BCUT2D eigenvalue weighted by atomic mass is 9.91. The molecule has 0 amide bonds. The number of nitrogens with zero attached hydrogens (tertiary/aromatic N) is 2. The number of aliphatic hydroxyl groups excluding tert-OH is 1. The van der Waals surface area contributed by atoms with Gasteiger partial charge in [-0.3, -0.25) is 0 Å². The molecule has 20 heavy (non-hydrogen) atoms. The molecule has 114 valence electrons. The van der Waals surface area contributed by atoms with Crippen molar-refractivity contribution < 1.29 is 9.84 Å². The Kier molecular flexibility index (Phi) is 6.43. The van der Waals surface area contributed by atoms with Crippen LogP contribution in [0.5, 0.6) is 5.88 Å². The minimum Gasteiger partial charge on any atom is -0.476 e. The molecule has 0 atom stereocenters. The normalized spacial score (nSPS) is 11.9. The van der Waals surface area contributed by atoms with Crippen LogP contribution in [0.4, 0.5) is 0 Å². The number of likely N-dealkylation sites (N-methyl/N-ethyl adjacent to an activating group) is 1. The summed E-state index contributed by atoms with van der Waals surface area (Å²) in [6, 6.07) is 3.76. The molecule has 0 fully saturated rings. The van der Waals surface area contributed by atoms with Crippen molar-refractivity contribution in [1.82, 2.24) is 9.88 Å². The van der Waals surface area contributed by atoms with E-state index in [9.17, 15) is 5.11 Å². The molecule has 1 N–H and O–H groups in total. The molecule has 0 bridgehead atoms. The fourth-order valence-corrected chi connectivity index (χ4v) is 1.93. The summed E-state index contributed by atoms with van der Waals surface area (Å²) >= 11 is 0. The molecule has 0 aliphatic heterocycles. The van der Waals surface area contributed by atoms with Crippen LogP contribution in [0.25, 0.3) is 0 Å². The van der Waals surface area contributed by atoms with Crippen LogP contribution in [0.2, 0.25) is 0 Å². The Morgan fingerprint density at radius 3 is 2.35 bits per heavy atom. The zero-order chi connectivity index (χ0) is 15.2. The molecule has 0 saturated heterocycles. The molecule has 0 radical (unpaired) electrons. The summed E-state index contributed by atoms with van der Waals surface area (Å²) in [5.41, 5.74) is 1.74. The summed E-state index contributed by atoms with van der Waals surface area (Å²) in [6.45, 7) is 14.2. The average molecular weight is 280 g/mol. The highest BCUT2D eigenvalue weighted by Crippen LogP contribution is 2.24. The van der Waals surface area contributed by atoms with E-state index in [1.165, 1.54) is 0 Å². The van der Waals surface area contributed by atoms with Crippen LogP contribution in [0.1, 0.15) is 45.9 Å². The molecular weight excluding hydrogens is 252 g/mol. The Bertz CT molecular complexity index is 409. The largest absolute Gasteiger partial charge is 0.476 e. The summed E-state index contributed by atoms with van der Waals surface area (Å²) in [5.74, 6) is 0.605. The number of hydrogen-bond acceptors (Lipinski definition) is 4.